The smallest absolute Gasteiger partial charge is 0.310 e. The van der Waals surface area contributed by atoms with Crippen LogP contribution in [-0.2, 0) is 19.6 Å². The van der Waals surface area contributed by atoms with Crippen LogP contribution in [0.1, 0.15) is 29.5 Å². The average molecular weight is 331 g/mol. The number of nitrogens with zero attached hydrogens (tertiary/aromatic N) is 1. The SMILES string of the molecule is CCOC(=O)[C@@H]1CCCN(S(=O)(=O)c2cc(C)sc2C)C1. The van der Waals surface area contributed by atoms with E-state index in [0.717, 1.165) is 9.75 Å². The van der Waals surface area contributed by atoms with Crippen molar-refractivity contribution >= 4 is 27.3 Å². The number of hydrogen-bond donors (Lipinski definition) is 0. The van der Waals surface area contributed by atoms with E-state index in [0.29, 0.717) is 30.9 Å². The minimum Gasteiger partial charge on any atom is -0.466 e. The second-order valence-corrected chi connectivity index (χ2v) is 8.60. The number of piperidine rings is 1. The number of esters is 1. The largest absolute Gasteiger partial charge is 0.466 e. The molecule has 7 heteroatoms. The highest BCUT2D eigenvalue weighted by atomic mass is 32.2. The first-order valence-electron chi connectivity index (χ1n) is 7.10. The summed E-state index contributed by atoms with van der Waals surface area (Å²) in [6, 6.07) is 1.71. The van der Waals surface area contributed by atoms with E-state index < -0.39 is 10.0 Å². The number of aryl methyl sites for hydroxylation is 2. The van der Waals surface area contributed by atoms with Gasteiger partial charge >= 0.3 is 5.97 Å². The Balaban J connectivity index is 2.20. The molecule has 0 amide bonds. The molecule has 1 saturated heterocycles. The standard InChI is InChI=1S/C14H21NO4S2/c1-4-19-14(16)12-6-5-7-15(9-12)21(17,18)13-8-10(2)20-11(13)3/h8,12H,4-7,9H2,1-3H3/t12-/m1/s1. The molecule has 1 aromatic rings. The normalized spacial score (nSPS) is 20.4. The van der Waals surface area contributed by atoms with E-state index in [1.165, 1.54) is 15.6 Å². The first-order valence-corrected chi connectivity index (χ1v) is 9.35. The van der Waals surface area contributed by atoms with Gasteiger partial charge in [0.2, 0.25) is 10.0 Å². The van der Waals surface area contributed by atoms with E-state index in [1.54, 1.807) is 13.0 Å². The summed E-state index contributed by atoms with van der Waals surface area (Å²) in [4.78, 5) is 14.0. The fourth-order valence-electron chi connectivity index (χ4n) is 2.62. The van der Waals surface area contributed by atoms with Crippen LogP contribution in [-0.4, -0.2) is 38.4 Å². The van der Waals surface area contributed by atoms with Gasteiger partial charge in [-0.1, -0.05) is 0 Å². The van der Waals surface area contributed by atoms with E-state index >= 15 is 0 Å². The second kappa shape index (κ2) is 6.46. The summed E-state index contributed by atoms with van der Waals surface area (Å²) in [5.74, 6) is -0.649. The molecule has 0 saturated carbocycles. The van der Waals surface area contributed by atoms with Gasteiger partial charge in [0.1, 0.15) is 0 Å². The molecule has 0 unspecified atom stereocenters. The fraction of sp³-hybridized carbons (Fsp3) is 0.643. The van der Waals surface area contributed by atoms with Crippen LogP contribution in [0.25, 0.3) is 0 Å². The molecule has 1 aromatic heterocycles. The molecular weight excluding hydrogens is 310 g/mol. The Kier molecular flexibility index (Phi) is 5.06. The van der Waals surface area contributed by atoms with Crippen LogP contribution in [0.5, 0.6) is 0 Å². The predicted octanol–water partition coefficient (Wildman–Crippen LogP) is 2.33. The van der Waals surface area contributed by atoms with Crippen molar-refractivity contribution in [1.29, 1.82) is 0 Å². The van der Waals surface area contributed by atoms with E-state index in [2.05, 4.69) is 0 Å². The van der Waals surface area contributed by atoms with Crippen LogP contribution in [0, 0.1) is 19.8 Å². The first kappa shape index (κ1) is 16.5. The number of hydrogen-bond acceptors (Lipinski definition) is 5. The van der Waals surface area contributed by atoms with E-state index in [4.69, 9.17) is 4.74 Å². The number of rotatable bonds is 4. The lowest BCUT2D eigenvalue weighted by atomic mass is 10.0. The Morgan fingerprint density at radius 3 is 2.76 bits per heavy atom. The molecule has 5 nitrogen and oxygen atoms in total. The lowest BCUT2D eigenvalue weighted by Crippen LogP contribution is -2.42. The van der Waals surface area contributed by atoms with E-state index in [-0.39, 0.29) is 18.4 Å². The summed E-state index contributed by atoms with van der Waals surface area (Å²) in [5, 5.41) is 0. The molecule has 1 aliphatic rings. The molecule has 1 aliphatic heterocycles. The molecule has 118 valence electrons. The molecule has 0 bridgehead atoms. The molecule has 0 spiro atoms. The Morgan fingerprint density at radius 2 is 2.19 bits per heavy atom. The Morgan fingerprint density at radius 1 is 1.48 bits per heavy atom. The first-order chi connectivity index (χ1) is 9.86. The number of carbonyl (C=O) groups is 1. The van der Waals surface area contributed by atoms with E-state index in [9.17, 15) is 13.2 Å². The van der Waals surface area contributed by atoms with Crippen LogP contribution in [0.15, 0.2) is 11.0 Å². The molecule has 21 heavy (non-hydrogen) atoms. The zero-order valence-electron chi connectivity index (χ0n) is 12.6. The zero-order valence-corrected chi connectivity index (χ0v) is 14.2. The van der Waals surface area contributed by atoms with Crippen LogP contribution < -0.4 is 0 Å². The average Bonchev–Trinajstić information content (AvgIpc) is 2.79. The summed E-state index contributed by atoms with van der Waals surface area (Å²) in [7, 11) is -3.52. The van der Waals surface area contributed by atoms with Crippen LogP contribution >= 0.6 is 11.3 Å². The third-order valence-corrected chi connectivity index (χ3v) is 6.70. The van der Waals surface area contributed by atoms with Crippen molar-refractivity contribution in [3.05, 3.63) is 15.8 Å². The van der Waals surface area contributed by atoms with Crippen molar-refractivity contribution in [2.45, 2.75) is 38.5 Å². The zero-order chi connectivity index (χ0) is 15.6. The van der Waals surface area contributed by atoms with Crippen molar-refractivity contribution in [2.75, 3.05) is 19.7 Å². The molecular formula is C14H21NO4S2. The monoisotopic (exact) mass is 331 g/mol. The number of ether oxygens (including phenoxy) is 1. The minimum absolute atomic E-state index is 0.218. The van der Waals surface area contributed by atoms with Gasteiger partial charge in [0, 0.05) is 22.8 Å². The highest BCUT2D eigenvalue weighted by Crippen LogP contribution is 2.30. The third-order valence-electron chi connectivity index (χ3n) is 3.62. The summed E-state index contributed by atoms with van der Waals surface area (Å²) < 4.78 is 31.9. The van der Waals surface area contributed by atoms with Gasteiger partial charge in [-0.3, -0.25) is 4.79 Å². The van der Waals surface area contributed by atoms with Gasteiger partial charge in [0.25, 0.3) is 0 Å². The van der Waals surface area contributed by atoms with Gasteiger partial charge in [0.15, 0.2) is 0 Å². The lowest BCUT2D eigenvalue weighted by molar-refractivity contribution is -0.149. The summed E-state index contributed by atoms with van der Waals surface area (Å²) in [6.45, 7) is 6.48. The third kappa shape index (κ3) is 3.46. The maximum Gasteiger partial charge on any atom is 0.310 e. The quantitative estimate of drug-likeness (QED) is 0.794. The Labute approximate surface area is 130 Å². The summed E-state index contributed by atoms with van der Waals surface area (Å²) in [5.41, 5.74) is 0. The van der Waals surface area contributed by atoms with Gasteiger partial charge < -0.3 is 4.74 Å². The molecule has 0 radical (unpaired) electrons. The fourth-order valence-corrected chi connectivity index (χ4v) is 5.66. The number of sulfonamides is 1. The van der Waals surface area contributed by atoms with Gasteiger partial charge in [-0.2, -0.15) is 4.31 Å². The lowest BCUT2D eigenvalue weighted by Gasteiger charge is -2.30. The second-order valence-electron chi connectivity index (χ2n) is 5.23. The molecule has 1 fully saturated rings. The van der Waals surface area contributed by atoms with Crippen LogP contribution in [0.4, 0.5) is 0 Å². The summed E-state index contributed by atoms with van der Waals surface area (Å²) >= 11 is 1.48. The maximum atomic E-state index is 12.7. The number of carbonyl (C=O) groups excluding carboxylic acids is 1. The van der Waals surface area contributed by atoms with Gasteiger partial charge in [-0.25, -0.2) is 8.42 Å². The van der Waals surface area contributed by atoms with Crippen LogP contribution in [0.3, 0.4) is 0 Å². The molecule has 2 heterocycles. The topological polar surface area (TPSA) is 63.7 Å². The highest BCUT2D eigenvalue weighted by molar-refractivity contribution is 7.89. The predicted molar refractivity (Wildman–Crippen MR) is 81.9 cm³/mol. The van der Waals surface area contributed by atoms with Crippen molar-refractivity contribution in [2.24, 2.45) is 5.92 Å². The van der Waals surface area contributed by atoms with Crippen molar-refractivity contribution in [1.82, 2.24) is 4.31 Å². The maximum absolute atomic E-state index is 12.7. The number of thiophene rings is 1. The van der Waals surface area contributed by atoms with Crippen molar-refractivity contribution < 1.29 is 17.9 Å². The van der Waals surface area contributed by atoms with Gasteiger partial charge in [0.05, 0.1) is 17.4 Å². The van der Waals surface area contributed by atoms with Gasteiger partial charge in [-0.15, -0.1) is 11.3 Å². The molecule has 0 aromatic carbocycles. The minimum atomic E-state index is -3.52. The Hall–Kier alpha value is -0.920. The molecule has 0 N–H and O–H groups in total. The molecule has 1 atom stereocenters. The molecule has 2 rings (SSSR count). The molecule has 0 aliphatic carbocycles. The van der Waals surface area contributed by atoms with Crippen LogP contribution in [0.2, 0.25) is 0 Å². The highest BCUT2D eigenvalue weighted by Gasteiger charge is 2.35. The Bertz CT molecular complexity index is 621. The van der Waals surface area contributed by atoms with Gasteiger partial charge in [-0.05, 0) is 39.7 Å². The van der Waals surface area contributed by atoms with E-state index in [1.807, 2.05) is 13.8 Å². The van der Waals surface area contributed by atoms with Crippen molar-refractivity contribution in [3.8, 4) is 0 Å². The van der Waals surface area contributed by atoms with Crippen molar-refractivity contribution in [3.63, 3.8) is 0 Å². The summed E-state index contributed by atoms with van der Waals surface area (Å²) in [6.07, 6.45) is 1.37.